The Labute approximate surface area is 88.7 Å². The van der Waals surface area contributed by atoms with Crippen molar-refractivity contribution in [1.29, 1.82) is 0 Å². The molecule has 1 aliphatic rings. The molecule has 1 fully saturated rings. The van der Waals surface area contributed by atoms with Crippen molar-refractivity contribution in [2.24, 2.45) is 0 Å². The summed E-state index contributed by atoms with van der Waals surface area (Å²) in [4.78, 5) is 0. The number of hydrogen-bond acceptors (Lipinski definition) is 0. The van der Waals surface area contributed by atoms with Gasteiger partial charge in [0.15, 0.2) is 0 Å². The molecule has 0 aromatic rings. The van der Waals surface area contributed by atoms with Crippen LogP contribution in [0, 0.1) is 0 Å². The summed E-state index contributed by atoms with van der Waals surface area (Å²) in [6.07, 6.45) is 0.757. The Kier molecular flexibility index (Phi) is 3.62. The van der Waals surface area contributed by atoms with E-state index in [0.717, 1.165) is 0 Å². The SMILES string of the molecule is F[B-](F)(F)C1CC1.[KH]. The van der Waals surface area contributed by atoms with Crippen LogP contribution in [-0.4, -0.2) is 58.4 Å². The van der Waals surface area contributed by atoms with Crippen molar-refractivity contribution in [3.63, 3.8) is 0 Å². The zero-order chi connectivity index (χ0) is 5.49. The molecule has 0 radical (unpaired) electrons. The average Bonchev–Trinajstić information content (AvgIpc) is 1.99. The van der Waals surface area contributed by atoms with E-state index in [1.165, 1.54) is 0 Å². The van der Waals surface area contributed by atoms with Gasteiger partial charge in [0.1, 0.15) is 0 Å². The first-order chi connectivity index (χ1) is 3.11. The van der Waals surface area contributed by atoms with Gasteiger partial charge in [0, 0.05) is 0 Å². The Morgan fingerprint density at radius 1 is 1.12 bits per heavy atom. The number of halogens is 3. The fourth-order valence-electron chi connectivity index (χ4n) is 0.474. The third kappa shape index (κ3) is 2.87. The molecule has 0 unspecified atom stereocenters. The number of hydrogen-bond donors (Lipinski definition) is 0. The van der Waals surface area contributed by atoms with Gasteiger partial charge in [-0.1, -0.05) is 18.7 Å². The minimum absolute atomic E-state index is 0. The van der Waals surface area contributed by atoms with Crippen LogP contribution in [0.3, 0.4) is 0 Å². The summed E-state index contributed by atoms with van der Waals surface area (Å²) < 4.78 is 33.9. The van der Waals surface area contributed by atoms with Gasteiger partial charge < -0.3 is 12.9 Å². The quantitative estimate of drug-likeness (QED) is 0.493. The molecule has 0 heterocycles. The second kappa shape index (κ2) is 3.05. The van der Waals surface area contributed by atoms with Gasteiger partial charge in [0.05, 0.1) is 0 Å². The van der Waals surface area contributed by atoms with Gasteiger partial charge in [-0.3, -0.25) is 0 Å². The molecular weight excluding hydrogens is 143 g/mol. The maximum atomic E-state index is 11.3. The summed E-state index contributed by atoms with van der Waals surface area (Å²) in [5.41, 5.74) is 0. The summed E-state index contributed by atoms with van der Waals surface area (Å²) in [5.74, 6) is -0.889. The predicted octanol–water partition coefficient (Wildman–Crippen LogP) is 1.35. The standard InChI is InChI=1S/C3H5BF3.K.H/c5-4(6,7)3-1-2-3;;/h3H,1-2H2;;/q-1;;. The first kappa shape index (κ1) is 9.49. The molecule has 0 aromatic carbocycles. The van der Waals surface area contributed by atoms with E-state index in [-0.39, 0.29) is 51.4 Å². The first-order valence-corrected chi connectivity index (χ1v) is 2.30. The number of rotatable bonds is 1. The van der Waals surface area contributed by atoms with Crippen LogP contribution in [0.25, 0.3) is 0 Å². The predicted molar refractivity (Wildman–Crippen MR) is 29.2 cm³/mol. The van der Waals surface area contributed by atoms with Crippen LogP contribution in [0.5, 0.6) is 0 Å². The fraction of sp³-hybridized carbons (Fsp3) is 1.00. The Morgan fingerprint density at radius 2 is 1.50 bits per heavy atom. The van der Waals surface area contributed by atoms with Gasteiger partial charge >= 0.3 is 58.4 Å². The fourth-order valence-corrected chi connectivity index (χ4v) is 0.474. The molecule has 0 atom stereocenters. The molecule has 0 saturated heterocycles. The van der Waals surface area contributed by atoms with Crippen LogP contribution >= 0.6 is 0 Å². The molecule has 5 heteroatoms. The summed E-state index contributed by atoms with van der Waals surface area (Å²) in [5, 5.41) is 0. The van der Waals surface area contributed by atoms with Gasteiger partial charge in [0.25, 0.3) is 0 Å². The molecule has 1 rings (SSSR count). The van der Waals surface area contributed by atoms with Gasteiger partial charge in [-0.15, -0.1) is 0 Å². The van der Waals surface area contributed by atoms with Gasteiger partial charge in [-0.05, 0) is 0 Å². The Bertz CT molecular complexity index is 77.1. The Hall–Kier alpha value is 1.49. The average molecular weight is 149 g/mol. The van der Waals surface area contributed by atoms with Gasteiger partial charge in [-0.2, -0.15) is 0 Å². The zero-order valence-electron chi connectivity index (χ0n) is 3.70. The third-order valence-corrected chi connectivity index (χ3v) is 1.16. The van der Waals surface area contributed by atoms with Crippen LogP contribution < -0.4 is 0 Å². The van der Waals surface area contributed by atoms with E-state index in [0.29, 0.717) is 12.8 Å². The van der Waals surface area contributed by atoms with E-state index in [2.05, 4.69) is 0 Å². The summed E-state index contributed by atoms with van der Waals surface area (Å²) in [7, 11) is 0. The molecule has 0 bridgehead atoms. The van der Waals surface area contributed by atoms with Crippen molar-refractivity contribution in [3.05, 3.63) is 0 Å². The molecule has 8 heavy (non-hydrogen) atoms. The third-order valence-electron chi connectivity index (χ3n) is 1.16. The van der Waals surface area contributed by atoms with Crippen molar-refractivity contribution in [2.75, 3.05) is 0 Å². The van der Waals surface area contributed by atoms with E-state index in [1.807, 2.05) is 0 Å². The van der Waals surface area contributed by atoms with Gasteiger partial charge in [0.2, 0.25) is 0 Å². The van der Waals surface area contributed by atoms with Crippen molar-refractivity contribution in [3.8, 4) is 0 Å². The van der Waals surface area contributed by atoms with Crippen molar-refractivity contribution >= 4 is 58.4 Å². The molecular formula is C3H6BF3K-. The maximum absolute atomic E-state index is 11.3. The van der Waals surface area contributed by atoms with Crippen molar-refractivity contribution < 1.29 is 12.9 Å². The van der Waals surface area contributed by atoms with Crippen molar-refractivity contribution in [2.45, 2.75) is 18.7 Å². The molecule has 1 saturated carbocycles. The molecule has 0 aromatic heterocycles. The van der Waals surface area contributed by atoms with Crippen LogP contribution in [-0.2, 0) is 0 Å². The van der Waals surface area contributed by atoms with Gasteiger partial charge in [-0.25, -0.2) is 0 Å². The normalized spacial score (nSPS) is 19.9. The van der Waals surface area contributed by atoms with Crippen LogP contribution in [0.1, 0.15) is 12.8 Å². The van der Waals surface area contributed by atoms with Crippen LogP contribution in [0.2, 0.25) is 5.82 Å². The topological polar surface area (TPSA) is 0 Å². The Balaban J connectivity index is 0.000000490. The monoisotopic (exact) mass is 149 g/mol. The molecule has 0 nitrogen and oxygen atoms in total. The summed E-state index contributed by atoms with van der Waals surface area (Å²) >= 11 is 0. The molecule has 0 amide bonds. The van der Waals surface area contributed by atoms with Crippen LogP contribution in [0.15, 0.2) is 0 Å². The van der Waals surface area contributed by atoms with E-state index >= 15 is 0 Å². The minimum atomic E-state index is -4.44. The van der Waals surface area contributed by atoms with E-state index in [1.54, 1.807) is 0 Å². The molecule has 44 valence electrons. The van der Waals surface area contributed by atoms with E-state index in [4.69, 9.17) is 0 Å². The molecule has 1 aliphatic carbocycles. The molecule has 0 aliphatic heterocycles. The van der Waals surface area contributed by atoms with Crippen molar-refractivity contribution in [1.82, 2.24) is 0 Å². The Morgan fingerprint density at radius 3 is 1.50 bits per heavy atom. The summed E-state index contributed by atoms with van der Waals surface area (Å²) in [6, 6.07) is 0. The molecule has 0 N–H and O–H groups in total. The first-order valence-electron chi connectivity index (χ1n) is 2.30. The summed E-state index contributed by atoms with van der Waals surface area (Å²) in [6.45, 7) is -4.44. The second-order valence-electron chi connectivity index (χ2n) is 1.96. The molecule has 0 spiro atoms. The second-order valence-corrected chi connectivity index (χ2v) is 1.96. The van der Waals surface area contributed by atoms with E-state index < -0.39 is 12.8 Å². The van der Waals surface area contributed by atoms with Crippen LogP contribution in [0.4, 0.5) is 12.9 Å². The zero-order valence-corrected chi connectivity index (χ0v) is 3.70. The van der Waals surface area contributed by atoms with E-state index in [9.17, 15) is 12.9 Å².